The fourth-order valence-electron chi connectivity index (χ4n) is 2.64. The number of ketones is 1. The second kappa shape index (κ2) is 7.79. The van der Waals surface area contributed by atoms with Gasteiger partial charge in [0.05, 0.1) is 5.56 Å². The van der Waals surface area contributed by atoms with Gasteiger partial charge in [-0.1, -0.05) is 74.3 Å². The third-order valence-electron chi connectivity index (χ3n) is 3.83. The summed E-state index contributed by atoms with van der Waals surface area (Å²) in [5, 5.41) is 11.4. The Bertz CT molecular complexity index is 1100. The molecular formula is C20H12Br2N2O2. The van der Waals surface area contributed by atoms with Gasteiger partial charge in [-0.05, 0) is 29.0 Å². The number of hydrogen-bond donors (Lipinski definition) is 1. The zero-order valence-electron chi connectivity index (χ0n) is 13.4. The van der Waals surface area contributed by atoms with Crippen LogP contribution in [0, 0.1) is 0 Å². The van der Waals surface area contributed by atoms with Crippen molar-refractivity contribution in [1.82, 2.24) is 0 Å². The molecule has 0 aromatic heterocycles. The predicted octanol–water partition coefficient (Wildman–Crippen LogP) is 5.33. The molecule has 0 spiro atoms. The SMILES string of the molecule is Oc1cc(Br)c2ccccc2c1.[N-]=[N+]=C1C(=O)C=C(Br)c2ccccc21. The van der Waals surface area contributed by atoms with E-state index in [0.29, 0.717) is 15.8 Å². The molecule has 3 aromatic rings. The Morgan fingerprint density at radius 3 is 2.31 bits per heavy atom. The number of aromatic hydroxyl groups is 1. The van der Waals surface area contributed by atoms with Gasteiger partial charge >= 0.3 is 5.71 Å². The van der Waals surface area contributed by atoms with Crippen LogP contribution in [0.15, 0.2) is 71.2 Å². The van der Waals surface area contributed by atoms with Crippen LogP contribution in [0.3, 0.4) is 0 Å². The van der Waals surface area contributed by atoms with Gasteiger partial charge in [0.1, 0.15) is 5.75 Å². The van der Waals surface area contributed by atoms with Crippen molar-refractivity contribution in [2.75, 3.05) is 0 Å². The maximum atomic E-state index is 11.4. The highest BCUT2D eigenvalue weighted by atomic mass is 79.9. The van der Waals surface area contributed by atoms with E-state index in [-0.39, 0.29) is 11.5 Å². The fourth-order valence-corrected chi connectivity index (χ4v) is 3.79. The first-order valence-electron chi connectivity index (χ1n) is 7.62. The number of rotatable bonds is 0. The third-order valence-corrected chi connectivity index (χ3v) is 5.14. The van der Waals surface area contributed by atoms with Crippen molar-refractivity contribution in [3.8, 4) is 5.75 Å². The van der Waals surface area contributed by atoms with Crippen molar-refractivity contribution < 1.29 is 14.7 Å². The molecular weight excluding hydrogens is 460 g/mol. The van der Waals surface area contributed by atoms with E-state index in [1.54, 1.807) is 24.3 Å². The quantitative estimate of drug-likeness (QED) is 0.355. The molecule has 26 heavy (non-hydrogen) atoms. The summed E-state index contributed by atoms with van der Waals surface area (Å²) < 4.78 is 1.64. The lowest BCUT2D eigenvalue weighted by Crippen LogP contribution is -2.19. The van der Waals surface area contributed by atoms with Gasteiger partial charge in [0.2, 0.25) is 0 Å². The molecule has 0 aliphatic heterocycles. The minimum Gasteiger partial charge on any atom is -0.508 e. The molecule has 0 atom stereocenters. The van der Waals surface area contributed by atoms with Crippen molar-refractivity contribution in [2.24, 2.45) is 0 Å². The van der Waals surface area contributed by atoms with Crippen molar-refractivity contribution in [2.45, 2.75) is 0 Å². The highest BCUT2D eigenvalue weighted by molar-refractivity contribution is 9.15. The number of phenolic OH excluding ortho intramolecular Hbond substituents is 1. The van der Waals surface area contributed by atoms with Crippen molar-refractivity contribution >= 4 is 58.6 Å². The van der Waals surface area contributed by atoms with Crippen LogP contribution in [0.1, 0.15) is 11.1 Å². The third kappa shape index (κ3) is 3.68. The lowest BCUT2D eigenvalue weighted by Gasteiger charge is -2.08. The van der Waals surface area contributed by atoms with Crippen LogP contribution in [0.25, 0.3) is 20.8 Å². The molecule has 0 radical (unpaired) electrons. The highest BCUT2D eigenvalue weighted by Crippen LogP contribution is 2.29. The second-order valence-electron chi connectivity index (χ2n) is 5.50. The fraction of sp³-hybridized carbons (Fsp3) is 0. The van der Waals surface area contributed by atoms with Gasteiger partial charge in [-0.15, -0.1) is 0 Å². The lowest BCUT2D eigenvalue weighted by atomic mass is 9.95. The summed E-state index contributed by atoms with van der Waals surface area (Å²) in [5.74, 6) is -0.00125. The van der Waals surface area contributed by atoms with E-state index in [1.165, 1.54) is 6.08 Å². The van der Waals surface area contributed by atoms with E-state index in [1.807, 2.05) is 36.4 Å². The lowest BCUT2D eigenvalue weighted by molar-refractivity contribution is -0.112. The van der Waals surface area contributed by atoms with E-state index in [9.17, 15) is 9.90 Å². The maximum Gasteiger partial charge on any atom is 0.369 e. The second-order valence-corrected chi connectivity index (χ2v) is 7.21. The first kappa shape index (κ1) is 18.3. The molecule has 0 heterocycles. The molecule has 0 saturated heterocycles. The average Bonchev–Trinajstić information content (AvgIpc) is 2.62. The minimum atomic E-state index is -0.293. The molecule has 3 aromatic carbocycles. The summed E-state index contributed by atoms with van der Waals surface area (Å²) in [6, 6.07) is 18.6. The summed E-state index contributed by atoms with van der Waals surface area (Å²) in [6.45, 7) is 0. The van der Waals surface area contributed by atoms with Gasteiger partial charge in [-0.2, -0.15) is 4.79 Å². The first-order chi connectivity index (χ1) is 12.5. The van der Waals surface area contributed by atoms with Crippen LogP contribution >= 0.6 is 31.9 Å². The van der Waals surface area contributed by atoms with Gasteiger partial charge in [0.15, 0.2) is 0 Å². The minimum absolute atomic E-state index is 0.0869. The summed E-state index contributed by atoms with van der Waals surface area (Å²) in [4.78, 5) is 14.4. The van der Waals surface area contributed by atoms with Crippen LogP contribution in [0.2, 0.25) is 0 Å². The molecule has 4 rings (SSSR count). The number of carbonyl (C=O) groups is 1. The number of fused-ring (bicyclic) bond motifs is 2. The number of phenols is 1. The number of allylic oxidation sites excluding steroid dienone is 1. The van der Waals surface area contributed by atoms with Crippen LogP contribution < -0.4 is 0 Å². The number of carbonyl (C=O) groups excluding carboxylic acids is 1. The Hall–Kier alpha value is -2.53. The van der Waals surface area contributed by atoms with E-state index in [0.717, 1.165) is 20.8 Å². The number of nitrogens with zero attached hydrogens (tertiary/aromatic N) is 2. The van der Waals surface area contributed by atoms with Crippen LogP contribution in [-0.4, -0.2) is 21.4 Å². The smallest absolute Gasteiger partial charge is 0.369 e. The monoisotopic (exact) mass is 470 g/mol. The summed E-state index contributed by atoms with van der Waals surface area (Å²) in [5.41, 5.74) is 10.3. The predicted molar refractivity (Wildman–Crippen MR) is 109 cm³/mol. The normalized spacial score (nSPS) is 12.6. The Kier molecular flexibility index (Phi) is 5.47. The number of hydrogen-bond acceptors (Lipinski definition) is 2. The Morgan fingerprint density at radius 2 is 1.58 bits per heavy atom. The molecule has 1 aliphatic rings. The number of benzene rings is 3. The molecule has 6 heteroatoms. The van der Waals surface area contributed by atoms with Crippen molar-refractivity contribution in [1.29, 1.82) is 0 Å². The molecule has 0 saturated carbocycles. The van der Waals surface area contributed by atoms with E-state index in [2.05, 4.69) is 36.6 Å². The Labute approximate surface area is 166 Å². The first-order valence-corrected chi connectivity index (χ1v) is 9.20. The largest absolute Gasteiger partial charge is 0.508 e. The summed E-state index contributed by atoms with van der Waals surface area (Å²) in [6.07, 6.45) is 1.40. The van der Waals surface area contributed by atoms with Gasteiger partial charge < -0.3 is 10.6 Å². The zero-order valence-corrected chi connectivity index (χ0v) is 16.5. The molecule has 1 aliphatic carbocycles. The number of halogens is 2. The summed E-state index contributed by atoms with van der Waals surface area (Å²) >= 11 is 6.68. The molecule has 1 N–H and O–H groups in total. The van der Waals surface area contributed by atoms with Crippen molar-refractivity contribution in [3.63, 3.8) is 0 Å². The molecule has 128 valence electrons. The maximum absolute atomic E-state index is 11.4. The van der Waals surface area contributed by atoms with E-state index < -0.39 is 0 Å². The Morgan fingerprint density at radius 1 is 0.923 bits per heavy atom. The van der Waals surface area contributed by atoms with Crippen LogP contribution in [-0.2, 0) is 4.79 Å². The van der Waals surface area contributed by atoms with Gasteiger partial charge in [-0.3, -0.25) is 4.79 Å². The van der Waals surface area contributed by atoms with Crippen molar-refractivity contribution in [3.05, 3.63) is 87.9 Å². The molecule has 0 unspecified atom stereocenters. The topological polar surface area (TPSA) is 73.7 Å². The molecule has 0 bridgehead atoms. The average molecular weight is 472 g/mol. The molecule has 0 fully saturated rings. The highest BCUT2D eigenvalue weighted by Gasteiger charge is 2.29. The van der Waals surface area contributed by atoms with Crippen LogP contribution in [0.5, 0.6) is 5.75 Å². The Balaban J connectivity index is 0.000000152. The van der Waals surface area contributed by atoms with E-state index in [4.69, 9.17) is 5.53 Å². The summed E-state index contributed by atoms with van der Waals surface area (Å²) in [7, 11) is 0. The van der Waals surface area contributed by atoms with Gasteiger partial charge in [-0.25, -0.2) is 0 Å². The standard InChI is InChI=1S/C10H5BrN2O.C10H7BrO/c11-8-5-9(14)10(13-12)7-4-2-1-3-6(7)8;11-10-6-8(12)5-7-3-1-2-4-9(7)10/h1-5H;1-6,12H. The van der Waals surface area contributed by atoms with E-state index >= 15 is 0 Å². The molecule has 4 nitrogen and oxygen atoms in total. The zero-order chi connectivity index (χ0) is 18.7. The van der Waals surface area contributed by atoms with Gasteiger partial charge in [0.25, 0.3) is 5.78 Å². The molecule has 0 amide bonds. The van der Waals surface area contributed by atoms with Gasteiger partial charge in [0, 0.05) is 20.6 Å². The van der Waals surface area contributed by atoms with Crippen LogP contribution in [0.4, 0.5) is 0 Å².